The van der Waals surface area contributed by atoms with Crippen LogP contribution >= 0.6 is 11.6 Å². The van der Waals surface area contributed by atoms with Gasteiger partial charge in [-0.1, -0.05) is 11.6 Å². The van der Waals surface area contributed by atoms with E-state index in [-0.39, 0.29) is 10.6 Å². The van der Waals surface area contributed by atoms with Crippen LogP contribution in [0, 0.1) is 0 Å². The number of aromatic hydroxyl groups is 1. The van der Waals surface area contributed by atoms with Crippen molar-refractivity contribution in [1.29, 1.82) is 0 Å². The van der Waals surface area contributed by atoms with E-state index in [0.29, 0.717) is 11.1 Å². The quantitative estimate of drug-likeness (QED) is 0.629. The van der Waals surface area contributed by atoms with Crippen molar-refractivity contribution in [3.8, 4) is 11.5 Å². The van der Waals surface area contributed by atoms with E-state index in [1.165, 1.54) is 24.3 Å². The van der Waals surface area contributed by atoms with E-state index in [9.17, 15) is 21.9 Å². The Morgan fingerprint density at radius 3 is 2.09 bits per heavy atom. The first-order valence-electron chi connectivity index (χ1n) is 5.60. The highest BCUT2D eigenvalue weighted by molar-refractivity contribution is 7.87. The van der Waals surface area contributed by atoms with Gasteiger partial charge in [-0.2, -0.15) is 16.8 Å². The number of phenols is 1. The number of hydrogen-bond acceptors (Lipinski definition) is 6. The molecule has 0 aliphatic heterocycles. The molecule has 0 saturated heterocycles. The Morgan fingerprint density at radius 1 is 0.955 bits per heavy atom. The number of hydrogen-bond donors (Lipinski definition) is 2. The Hall–Kier alpha value is -1.81. The molecule has 10 heteroatoms. The first-order valence-corrected chi connectivity index (χ1v) is 8.83. The van der Waals surface area contributed by atoms with Crippen LogP contribution in [-0.2, 0) is 20.2 Å². The van der Waals surface area contributed by atoms with Gasteiger partial charge in [0.05, 0.1) is 0 Å². The summed E-state index contributed by atoms with van der Waals surface area (Å²) in [5, 5.41) is 9.69. The minimum atomic E-state index is -4.72. The van der Waals surface area contributed by atoms with Crippen molar-refractivity contribution >= 4 is 31.8 Å². The molecule has 2 aromatic carbocycles. The molecule has 0 radical (unpaired) electrons. The standard InChI is InChI=1S/C12H9ClO7S2/c13-8-1-4-10(5-2-8)22(18,19)20-9-3-6-11(14)12(7-9)21(15,16)17/h1-7,14H,(H,15,16,17). The van der Waals surface area contributed by atoms with Crippen LogP contribution in [0.5, 0.6) is 11.5 Å². The molecule has 0 aliphatic carbocycles. The van der Waals surface area contributed by atoms with Crippen molar-refractivity contribution in [3.63, 3.8) is 0 Å². The highest BCUT2D eigenvalue weighted by Gasteiger charge is 2.20. The van der Waals surface area contributed by atoms with Crippen molar-refractivity contribution in [2.24, 2.45) is 0 Å². The number of phenolic OH excluding ortho intramolecular Hbond substituents is 1. The average Bonchev–Trinajstić information content (AvgIpc) is 2.40. The number of halogens is 1. The lowest BCUT2D eigenvalue weighted by atomic mass is 10.3. The molecule has 0 unspecified atom stereocenters. The Kier molecular flexibility index (Phi) is 4.34. The monoisotopic (exact) mass is 364 g/mol. The first kappa shape index (κ1) is 16.6. The van der Waals surface area contributed by atoms with E-state index in [1.807, 2.05) is 0 Å². The summed E-state index contributed by atoms with van der Waals surface area (Å²) in [6, 6.07) is 7.73. The Labute approximate surface area is 131 Å². The summed E-state index contributed by atoms with van der Waals surface area (Å²) in [6.07, 6.45) is 0. The predicted molar refractivity (Wildman–Crippen MR) is 77.2 cm³/mol. The summed E-state index contributed by atoms with van der Waals surface area (Å²) in [5.74, 6) is -1.13. The van der Waals surface area contributed by atoms with Gasteiger partial charge < -0.3 is 9.29 Å². The van der Waals surface area contributed by atoms with Gasteiger partial charge in [0, 0.05) is 11.1 Å². The third-order valence-electron chi connectivity index (χ3n) is 2.52. The van der Waals surface area contributed by atoms with Gasteiger partial charge in [-0.15, -0.1) is 0 Å². The summed E-state index contributed by atoms with van der Waals surface area (Å²) in [6.45, 7) is 0. The fourth-order valence-electron chi connectivity index (χ4n) is 1.53. The summed E-state index contributed by atoms with van der Waals surface area (Å²) in [4.78, 5) is -1.06. The topological polar surface area (TPSA) is 118 Å². The molecule has 22 heavy (non-hydrogen) atoms. The van der Waals surface area contributed by atoms with Crippen LogP contribution < -0.4 is 4.18 Å². The summed E-state index contributed by atoms with van der Waals surface area (Å²) >= 11 is 5.65. The van der Waals surface area contributed by atoms with Crippen LogP contribution in [0.2, 0.25) is 5.02 Å². The highest BCUT2D eigenvalue weighted by atomic mass is 35.5. The third-order valence-corrected chi connectivity index (χ3v) is 4.91. The molecule has 0 aliphatic rings. The van der Waals surface area contributed by atoms with Crippen molar-refractivity contribution in [1.82, 2.24) is 0 Å². The molecule has 0 aromatic heterocycles. The van der Waals surface area contributed by atoms with Gasteiger partial charge in [0.2, 0.25) is 0 Å². The zero-order valence-corrected chi connectivity index (χ0v) is 13.1. The molecule has 0 saturated carbocycles. The molecule has 0 heterocycles. The van der Waals surface area contributed by atoms with E-state index < -0.39 is 30.9 Å². The number of benzene rings is 2. The van der Waals surface area contributed by atoms with Crippen LogP contribution in [0.1, 0.15) is 0 Å². The maximum absolute atomic E-state index is 12.0. The van der Waals surface area contributed by atoms with E-state index in [1.54, 1.807) is 0 Å². The zero-order valence-electron chi connectivity index (χ0n) is 10.7. The molecule has 0 spiro atoms. The van der Waals surface area contributed by atoms with Crippen LogP contribution in [0.15, 0.2) is 52.3 Å². The second-order valence-corrected chi connectivity index (χ2v) is 7.47. The van der Waals surface area contributed by atoms with E-state index in [0.717, 1.165) is 12.1 Å². The number of rotatable bonds is 4. The van der Waals surface area contributed by atoms with Gasteiger partial charge in [0.1, 0.15) is 21.3 Å². The smallest absolute Gasteiger partial charge is 0.339 e. The molecule has 2 N–H and O–H groups in total. The second-order valence-electron chi connectivity index (χ2n) is 4.10. The lowest BCUT2D eigenvalue weighted by molar-refractivity contribution is 0.438. The summed E-state index contributed by atoms with van der Waals surface area (Å²) in [5.41, 5.74) is 0. The van der Waals surface area contributed by atoms with Gasteiger partial charge in [0.25, 0.3) is 10.1 Å². The van der Waals surface area contributed by atoms with E-state index in [2.05, 4.69) is 0 Å². The SMILES string of the molecule is O=S(=O)(O)c1cc(OS(=O)(=O)c2ccc(Cl)cc2)ccc1O. The van der Waals surface area contributed by atoms with E-state index in [4.69, 9.17) is 20.3 Å². The maximum Gasteiger partial charge on any atom is 0.339 e. The molecule has 0 amide bonds. The van der Waals surface area contributed by atoms with E-state index >= 15 is 0 Å². The van der Waals surface area contributed by atoms with Crippen LogP contribution in [0.3, 0.4) is 0 Å². The first-order chi connectivity index (χ1) is 10.1. The average molecular weight is 365 g/mol. The lowest BCUT2D eigenvalue weighted by Crippen LogP contribution is -2.10. The van der Waals surface area contributed by atoms with Gasteiger partial charge in [-0.3, -0.25) is 4.55 Å². The summed E-state index contributed by atoms with van der Waals surface area (Å²) < 4.78 is 59.8. The minimum Gasteiger partial charge on any atom is -0.506 e. The fraction of sp³-hybridized carbons (Fsp3) is 0. The fourth-order valence-corrected chi connectivity index (χ4v) is 3.18. The molecule has 2 aromatic rings. The minimum absolute atomic E-state index is 0.196. The normalized spacial score (nSPS) is 12.1. The van der Waals surface area contributed by atoms with Crippen LogP contribution in [0.4, 0.5) is 0 Å². The van der Waals surface area contributed by atoms with Crippen LogP contribution in [0.25, 0.3) is 0 Å². The molecular weight excluding hydrogens is 356 g/mol. The van der Waals surface area contributed by atoms with Gasteiger partial charge in [-0.25, -0.2) is 0 Å². The highest BCUT2D eigenvalue weighted by Crippen LogP contribution is 2.29. The maximum atomic E-state index is 12.0. The molecule has 118 valence electrons. The van der Waals surface area contributed by atoms with Crippen molar-refractivity contribution in [2.45, 2.75) is 9.79 Å². The molecule has 7 nitrogen and oxygen atoms in total. The van der Waals surface area contributed by atoms with Crippen molar-refractivity contribution < 1.29 is 30.7 Å². The van der Waals surface area contributed by atoms with Crippen LogP contribution in [-0.4, -0.2) is 26.5 Å². The Balaban J connectivity index is 2.40. The van der Waals surface area contributed by atoms with Gasteiger partial charge in [0.15, 0.2) is 0 Å². The van der Waals surface area contributed by atoms with Gasteiger partial charge >= 0.3 is 10.1 Å². The Bertz CT molecular complexity index is 903. The van der Waals surface area contributed by atoms with Gasteiger partial charge in [-0.05, 0) is 36.4 Å². The molecule has 0 atom stereocenters. The molecular formula is C12H9ClO7S2. The molecule has 0 bridgehead atoms. The molecule has 0 fully saturated rings. The van der Waals surface area contributed by atoms with Crippen molar-refractivity contribution in [3.05, 3.63) is 47.5 Å². The lowest BCUT2D eigenvalue weighted by Gasteiger charge is -2.08. The van der Waals surface area contributed by atoms with Crippen molar-refractivity contribution in [2.75, 3.05) is 0 Å². The zero-order chi connectivity index (χ0) is 16.5. The second kappa shape index (κ2) is 5.76. The largest absolute Gasteiger partial charge is 0.506 e. The third kappa shape index (κ3) is 3.69. The predicted octanol–water partition coefficient (Wildman–Crippen LogP) is 2.06. The molecule has 2 rings (SSSR count). The Morgan fingerprint density at radius 2 is 1.55 bits per heavy atom. The summed E-state index contributed by atoms with van der Waals surface area (Å²) in [7, 11) is -8.95.